The Morgan fingerprint density at radius 3 is 1.87 bits per heavy atom. The summed E-state index contributed by atoms with van der Waals surface area (Å²) in [6.07, 6.45) is 14.3. The lowest BCUT2D eigenvalue weighted by atomic mass is 9.94. The summed E-state index contributed by atoms with van der Waals surface area (Å²) < 4.78 is 102. The van der Waals surface area contributed by atoms with Gasteiger partial charge in [-0.1, -0.05) is 102 Å². The number of hydrogen-bond acceptors (Lipinski definition) is 10. The van der Waals surface area contributed by atoms with Crippen LogP contribution in [0.2, 0.25) is 0 Å². The number of carboxylic acids is 1. The van der Waals surface area contributed by atoms with Gasteiger partial charge in [-0.3, -0.25) is 13.9 Å². The first kappa shape index (κ1) is 49.4. The Labute approximate surface area is 413 Å². The molecule has 0 atom stereocenters. The topological polar surface area (TPSA) is 203 Å². The van der Waals surface area contributed by atoms with Gasteiger partial charge in [-0.15, -0.1) is 0 Å². The smallest absolute Gasteiger partial charge is 0.307 e. The molecule has 350 valence electrons. The van der Waals surface area contributed by atoms with Crippen LogP contribution in [0.4, 0.5) is 0 Å². The molecule has 0 radical (unpaired) electrons. The first-order valence-corrected chi connectivity index (χ1v) is 27.8. The van der Waals surface area contributed by atoms with E-state index in [-0.39, 0.29) is 21.1 Å². The average Bonchev–Trinajstić information content (AvgIpc) is 3.33. The molecule has 0 amide bonds. The molecule has 69 heavy (non-hydrogen) atoms. The molecule has 17 heteroatoms. The molecule has 2 aliphatic rings. The molecule has 1 aliphatic heterocycles. The fourth-order valence-electron chi connectivity index (χ4n) is 7.54. The van der Waals surface area contributed by atoms with E-state index in [1.165, 1.54) is 48.2 Å². The average molecular weight is 1030 g/mol. The summed E-state index contributed by atoms with van der Waals surface area (Å²) >= 11 is 4.60. The largest absolute Gasteiger partial charge is 0.744 e. The van der Waals surface area contributed by atoms with Crippen molar-refractivity contribution in [3.05, 3.63) is 212 Å². The highest BCUT2D eigenvalue weighted by Gasteiger charge is 2.22. The summed E-state index contributed by atoms with van der Waals surface area (Å²) in [6.45, 7) is 0. The van der Waals surface area contributed by atoms with E-state index in [0.717, 1.165) is 82.0 Å². The van der Waals surface area contributed by atoms with Crippen LogP contribution in [0.3, 0.4) is 0 Å². The number of rotatable bonds is 14. The fourth-order valence-corrected chi connectivity index (χ4v) is 12.1. The lowest BCUT2D eigenvalue weighted by Gasteiger charge is -2.22. The van der Waals surface area contributed by atoms with Gasteiger partial charge in [0.25, 0.3) is 20.2 Å². The Bertz CT molecular complexity index is 3480. The number of hydrogen-bond donors (Lipinski definition) is 3. The third kappa shape index (κ3) is 12.8. The van der Waals surface area contributed by atoms with Crippen molar-refractivity contribution >= 4 is 87.7 Å². The van der Waals surface area contributed by atoms with Gasteiger partial charge in [0, 0.05) is 43.4 Å². The molecule has 0 saturated heterocycles. The summed E-state index contributed by atoms with van der Waals surface area (Å²) in [6, 6.07) is 38.9. The van der Waals surface area contributed by atoms with E-state index in [9.17, 15) is 48.8 Å². The van der Waals surface area contributed by atoms with Gasteiger partial charge >= 0.3 is 5.97 Å². The zero-order valence-electron chi connectivity index (χ0n) is 36.1. The molecule has 0 bridgehead atoms. The van der Waals surface area contributed by atoms with Gasteiger partial charge in [-0.2, -0.15) is 16.8 Å². The van der Waals surface area contributed by atoms with Crippen LogP contribution in [0, 0.1) is 0 Å². The molecular weight excluding hydrogens is 993 g/mol. The predicted molar refractivity (Wildman–Crippen MR) is 273 cm³/mol. The Morgan fingerprint density at radius 2 is 1.26 bits per heavy atom. The molecule has 2 heterocycles. The summed E-state index contributed by atoms with van der Waals surface area (Å²) in [4.78, 5) is 16.0. The Kier molecular flexibility index (Phi) is 15.0. The molecule has 0 fully saturated rings. The number of thioether (sulfide) groups is 2. The quantitative estimate of drug-likeness (QED) is 0.0687. The van der Waals surface area contributed by atoms with Crippen molar-refractivity contribution in [2.45, 2.75) is 45.3 Å². The van der Waals surface area contributed by atoms with Crippen molar-refractivity contribution in [1.82, 2.24) is 0 Å². The monoisotopic (exact) mass is 1030 g/mol. The normalized spacial score (nSPS) is 15.9. The van der Waals surface area contributed by atoms with E-state index in [4.69, 9.17) is 0 Å². The molecule has 0 spiro atoms. The summed E-state index contributed by atoms with van der Waals surface area (Å²) in [7, 11) is -13.5. The predicted octanol–water partition coefficient (Wildman–Crippen LogP) is 12.3. The molecule has 0 saturated carbocycles. The van der Waals surface area contributed by atoms with Crippen molar-refractivity contribution in [3.8, 4) is 21.6 Å². The van der Waals surface area contributed by atoms with Crippen LogP contribution in [0.1, 0.15) is 40.8 Å². The molecule has 8 rings (SSSR count). The lowest BCUT2D eigenvalue weighted by Crippen LogP contribution is -2.01. The Hall–Kier alpha value is -5.99. The van der Waals surface area contributed by atoms with Crippen molar-refractivity contribution in [2.75, 3.05) is 0 Å². The second kappa shape index (κ2) is 20.9. The van der Waals surface area contributed by atoms with Crippen molar-refractivity contribution in [2.24, 2.45) is 0 Å². The number of carboxylic acid groups (broad SMARTS) is 1. The highest BCUT2D eigenvalue weighted by Crippen LogP contribution is 2.45. The second-order valence-electron chi connectivity index (χ2n) is 15.8. The van der Waals surface area contributed by atoms with Gasteiger partial charge in [-0.25, -0.2) is 8.42 Å². The zero-order valence-corrected chi connectivity index (χ0v) is 41.0. The number of allylic oxidation sites excluding steroid dienone is 8. The van der Waals surface area contributed by atoms with E-state index in [0.29, 0.717) is 16.7 Å². The molecule has 3 N–H and O–H groups in total. The summed E-state index contributed by atoms with van der Waals surface area (Å²) in [5.74, 6) is -0.926. The van der Waals surface area contributed by atoms with Gasteiger partial charge in [0.15, 0.2) is 0 Å². The third-order valence-electron chi connectivity index (χ3n) is 11.0. The fraction of sp³-hybridized carbons (Fsp3) is 0.0769. The standard InChI is InChI=1S/C52H40O11S6/c53-51(54)29-34-9-19-43(20-10-34)66-52-39(11-21-44-30-41(32-49(64-44)37-5-2-1-3-6-37)35-13-23-46(24-14-35)67(55,56)57)7-4-8-40(52)12-22-45-31-42(36-15-25-47(26-16-36)68(58,59)60)33-50(65-45)38-17-27-48(28-18-38)69(61,62)63/h1-3,5-6,9-28,30-33H,4,7-8,29H2,(H3-,53,54,55,56,57,58,59,60,61,62,63). The molecular formula is C52H40O11S6. The van der Waals surface area contributed by atoms with E-state index >= 15 is 0 Å². The minimum absolute atomic E-state index is 0.105. The molecule has 6 aromatic rings. The van der Waals surface area contributed by atoms with Crippen LogP contribution < -0.4 is 0 Å². The van der Waals surface area contributed by atoms with Gasteiger partial charge in [0.1, 0.15) is 10.1 Å². The van der Waals surface area contributed by atoms with Crippen molar-refractivity contribution < 1.29 is 48.8 Å². The molecule has 1 aliphatic carbocycles. The van der Waals surface area contributed by atoms with Gasteiger partial charge in [-0.05, 0) is 143 Å². The summed E-state index contributed by atoms with van der Waals surface area (Å²) in [5, 5.41) is 9.40. The van der Waals surface area contributed by atoms with E-state index in [1.807, 2.05) is 85.0 Å². The van der Waals surface area contributed by atoms with Crippen molar-refractivity contribution in [3.63, 3.8) is 0 Å². The molecule has 5 aromatic carbocycles. The molecule has 11 nitrogen and oxygen atoms in total. The molecule has 1 aromatic heterocycles. The summed E-state index contributed by atoms with van der Waals surface area (Å²) in [5.41, 5.74) is 7.41. The van der Waals surface area contributed by atoms with Crippen LogP contribution in [0.5, 0.6) is 0 Å². The maximum Gasteiger partial charge on any atom is 0.307 e. The van der Waals surface area contributed by atoms with Crippen LogP contribution in [-0.4, -0.2) is 50.0 Å². The highest BCUT2D eigenvalue weighted by molar-refractivity contribution is 8.12. The van der Waals surface area contributed by atoms with Gasteiger partial charge in [0.2, 0.25) is 21.1 Å². The maximum atomic E-state index is 11.8. The second-order valence-corrected chi connectivity index (χ2v) is 23.3. The number of carbonyl (C=O) groups is 1. The highest BCUT2D eigenvalue weighted by atomic mass is 32.2. The molecule has 0 unspecified atom stereocenters. The van der Waals surface area contributed by atoms with Crippen LogP contribution >= 0.6 is 34.9 Å². The Morgan fingerprint density at radius 1 is 0.652 bits per heavy atom. The SMILES string of the molecule is O=C(O)Cc1ccc(SC2=C(/C=C/c3cc(-c4ccc(S(=O)(=O)[O-])cc4)cc(-c4ccccc4)[s+]3)CCC/C2=C\C=C2/C=C(c3ccc(S(=O)(=O)O)cc3)C=C(c3ccc(S(=O)(=O)O)cc3)S2)cc1. The van der Waals surface area contributed by atoms with Crippen LogP contribution in [0.25, 0.3) is 38.1 Å². The number of benzene rings is 5. The maximum absolute atomic E-state index is 11.8. The van der Waals surface area contributed by atoms with E-state index < -0.39 is 36.3 Å². The van der Waals surface area contributed by atoms with Gasteiger partial charge < -0.3 is 9.66 Å². The van der Waals surface area contributed by atoms with E-state index in [1.54, 1.807) is 59.5 Å². The van der Waals surface area contributed by atoms with E-state index in [2.05, 4.69) is 18.2 Å². The Balaban J connectivity index is 1.21. The lowest BCUT2D eigenvalue weighted by molar-refractivity contribution is -0.136. The van der Waals surface area contributed by atoms with Gasteiger partial charge in [0.05, 0.1) is 21.1 Å². The minimum Gasteiger partial charge on any atom is -0.744 e. The number of aliphatic carboxylic acids is 1. The minimum atomic E-state index is -4.62. The van der Waals surface area contributed by atoms with Crippen LogP contribution in [0.15, 0.2) is 210 Å². The van der Waals surface area contributed by atoms with Crippen LogP contribution in [-0.2, 0) is 41.6 Å². The zero-order chi connectivity index (χ0) is 48.9. The third-order valence-corrected chi connectivity index (χ3v) is 16.9. The van der Waals surface area contributed by atoms with Crippen molar-refractivity contribution in [1.29, 1.82) is 0 Å². The first-order chi connectivity index (χ1) is 32.9. The first-order valence-electron chi connectivity index (χ1n) is 21.0.